The predicted molar refractivity (Wildman–Crippen MR) is 89.8 cm³/mol. The first-order chi connectivity index (χ1) is 8.97. The fraction of sp³-hybridized carbons (Fsp3) is 0.438. The highest BCUT2D eigenvalue weighted by molar-refractivity contribution is 8.01. The predicted octanol–water partition coefficient (Wildman–Crippen LogP) is 4.91. The third-order valence-corrected chi connectivity index (χ3v) is 8.35. The van der Waals surface area contributed by atoms with E-state index in [1.54, 1.807) is 7.11 Å². The molecule has 0 aliphatic rings. The van der Waals surface area contributed by atoms with Crippen LogP contribution in [0.5, 0.6) is 5.75 Å². The van der Waals surface area contributed by atoms with Crippen molar-refractivity contribution in [1.82, 2.24) is 0 Å². The van der Waals surface area contributed by atoms with Crippen LogP contribution in [0, 0.1) is 0 Å². The lowest BCUT2D eigenvalue weighted by Crippen LogP contribution is -2.34. The van der Waals surface area contributed by atoms with Crippen LogP contribution < -0.4 is 4.74 Å². The average molecular weight is 293 g/mol. The fourth-order valence-electron chi connectivity index (χ4n) is 1.64. The molecule has 1 unspecified atom stereocenters. The molecule has 0 amide bonds. The Hall–Kier alpha value is -0.893. The fourth-order valence-corrected chi connectivity index (χ4v) is 5.22. The quantitative estimate of drug-likeness (QED) is 0.544. The van der Waals surface area contributed by atoms with Gasteiger partial charge in [0.15, 0.2) is 0 Å². The number of hydrogen-bond donors (Lipinski definition) is 0. The number of ether oxygens (including phenoxy) is 1. The van der Waals surface area contributed by atoms with Gasteiger partial charge in [0.1, 0.15) is 5.75 Å². The molecule has 1 aromatic rings. The lowest BCUT2D eigenvalue weighted by atomic mass is 10.2. The number of thioether (sulfide) groups is 1. The van der Waals surface area contributed by atoms with E-state index in [0.29, 0.717) is 4.87 Å². The van der Waals surface area contributed by atoms with Gasteiger partial charge in [-0.3, -0.25) is 0 Å². The van der Waals surface area contributed by atoms with Gasteiger partial charge < -0.3 is 4.74 Å². The van der Waals surface area contributed by atoms with Crippen LogP contribution in [-0.2, 0) is 5.75 Å². The van der Waals surface area contributed by atoms with Crippen LogP contribution in [0.25, 0.3) is 0 Å². The van der Waals surface area contributed by atoms with E-state index in [-0.39, 0.29) is 0 Å². The Bertz CT molecular complexity index is 439. The van der Waals surface area contributed by atoms with Crippen molar-refractivity contribution in [1.29, 1.82) is 0 Å². The zero-order valence-electron chi connectivity index (χ0n) is 12.6. The van der Waals surface area contributed by atoms with Gasteiger partial charge in [0.2, 0.25) is 0 Å². The van der Waals surface area contributed by atoms with Gasteiger partial charge in [0.05, 0.1) is 15.2 Å². The maximum atomic E-state index is 5.18. The molecular weight excluding hydrogens is 268 g/mol. The first-order valence-electron chi connectivity index (χ1n) is 6.59. The van der Waals surface area contributed by atoms with Crippen molar-refractivity contribution < 1.29 is 4.74 Å². The molecule has 104 valence electrons. The van der Waals surface area contributed by atoms with Crippen LogP contribution in [0.3, 0.4) is 0 Å². The lowest BCUT2D eigenvalue weighted by molar-refractivity contribution is 0.414. The third-order valence-electron chi connectivity index (χ3n) is 2.86. The first-order valence-corrected chi connectivity index (χ1v) is 11.2. The molecule has 1 rings (SSSR count). The summed E-state index contributed by atoms with van der Waals surface area (Å²) in [6.45, 7) is 9.25. The second-order valence-electron chi connectivity index (χ2n) is 5.57. The summed E-state index contributed by atoms with van der Waals surface area (Å²) in [7, 11) is 0.506. The van der Waals surface area contributed by atoms with Crippen LogP contribution in [0.2, 0.25) is 19.6 Å². The molecule has 0 spiro atoms. The van der Waals surface area contributed by atoms with Gasteiger partial charge in [-0.25, -0.2) is 0 Å². The maximum Gasteiger partial charge on any atom is 0.118 e. The van der Waals surface area contributed by atoms with Gasteiger partial charge in [0, 0.05) is 10.6 Å². The highest BCUT2D eigenvalue weighted by Crippen LogP contribution is 2.27. The molecule has 0 aliphatic carbocycles. The smallest absolute Gasteiger partial charge is 0.118 e. The van der Waals surface area contributed by atoms with Crippen molar-refractivity contribution in [3.63, 3.8) is 0 Å². The van der Waals surface area contributed by atoms with E-state index >= 15 is 0 Å². The van der Waals surface area contributed by atoms with Crippen LogP contribution in [-0.4, -0.2) is 20.1 Å². The number of hydrogen-bond acceptors (Lipinski definition) is 2. The Morgan fingerprint density at radius 3 is 2.37 bits per heavy atom. The standard InChI is InChI=1S/C16H24OSSi/c1-6-7-8-16(19(3,4)5)18-13-14-9-11-15(17-2)12-10-14/h6,8-12,16H,13H2,1-5H3. The van der Waals surface area contributed by atoms with Gasteiger partial charge >= 0.3 is 0 Å². The first kappa shape index (κ1) is 16.2. The minimum atomic E-state index is -1.20. The Labute approximate surface area is 122 Å². The van der Waals surface area contributed by atoms with Crippen molar-refractivity contribution in [2.45, 2.75) is 37.2 Å². The molecule has 0 saturated heterocycles. The molecule has 19 heavy (non-hydrogen) atoms. The van der Waals surface area contributed by atoms with Gasteiger partial charge in [-0.2, -0.15) is 11.8 Å². The van der Waals surface area contributed by atoms with E-state index in [2.05, 4.69) is 43.6 Å². The summed E-state index contributed by atoms with van der Waals surface area (Å²) >= 11 is 2.02. The number of methoxy groups -OCH3 is 1. The lowest BCUT2D eigenvalue weighted by Gasteiger charge is -2.25. The molecule has 1 nitrogen and oxygen atoms in total. The van der Waals surface area contributed by atoms with Crippen LogP contribution in [0.15, 0.2) is 42.1 Å². The highest BCUT2D eigenvalue weighted by Gasteiger charge is 2.24. The molecule has 3 heteroatoms. The van der Waals surface area contributed by atoms with E-state index in [1.165, 1.54) is 5.56 Å². The van der Waals surface area contributed by atoms with Gasteiger partial charge in [-0.15, -0.1) is 5.73 Å². The number of rotatable bonds is 6. The summed E-state index contributed by atoms with van der Waals surface area (Å²) in [5, 5.41) is 0. The minimum Gasteiger partial charge on any atom is -0.497 e. The van der Waals surface area contributed by atoms with Gasteiger partial charge in [0.25, 0.3) is 0 Å². The summed E-state index contributed by atoms with van der Waals surface area (Å²) < 4.78 is 5.18. The second-order valence-corrected chi connectivity index (χ2v) is 12.5. The maximum absolute atomic E-state index is 5.18. The zero-order chi connectivity index (χ0) is 14.3. The molecule has 1 aromatic carbocycles. The Kier molecular flexibility index (Phi) is 6.50. The van der Waals surface area contributed by atoms with Crippen LogP contribution in [0.1, 0.15) is 12.5 Å². The monoisotopic (exact) mass is 292 g/mol. The van der Waals surface area contributed by atoms with Crippen molar-refractivity contribution in [2.75, 3.05) is 7.11 Å². The average Bonchev–Trinajstić information content (AvgIpc) is 2.38. The van der Waals surface area contributed by atoms with E-state index < -0.39 is 8.07 Å². The van der Waals surface area contributed by atoms with E-state index in [4.69, 9.17) is 4.74 Å². The van der Waals surface area contributed by atoms with Crippen molar-refractivity contribution in [3.8, 4) is 5.75 Å². The summed E-state index contributed by atoms with van der Waals surface area (Å²) in [6.07, 6.45) is 4.22. The molecule has 0 radical (unpaired) electrons. The zero-order valence-corrected chi connectivity index (χ0v) is 14.4. The van der Waals surface area contributed by atoms with Gasteiger partial charge in [-0.1, -0.05) is 31.8 Å². The van der Waals surface area contributed by atoms with E-state index in [1.807, 2.05) is 36.9 Å². The van der Waals surface area contributed by atoms with E-state index in [9.17, 15) is 0 Å². The molecule has 0 bridgehead atoms. The largest absolute Gasteiger partial charge is 0.497 e. The van der Waals surface area contributed by atoms with Crippen molar-refractivity contribution >= 4 is 19.8 Å². The SMILES string of the molecule is CC=C=CC(SCc1ccc(OC)cc1)[Si](C)(C)C. The molecule has 0 fully saturated rings. The third kappa shape index (κ3) is 5.73. The van der Waals surface area contributed by atoms with Crippen LogP contribution >= 0.6 is 11.8 Å². The summed E-state index contributed by atoms with van der Waals surface area (Å²) in [6, 6.07) is 8.35. The van der Waals surface area contributed by atoms with E-state index in [0.717, 1.165) is 11.5 Å². The molecule has 0 heterocycles. The molecular formula is C16H24OSSi. The minimum absolute atomic E-state index is 0.603. The topological polar surface area (TPSA) is 9.23 Å². The summed E-state index contributed by atoms with van der Waals surface area (Å²) in [5.74, 6) is 1.96. The second kappa shape index (κ2) is 7.64. The Morgan fingerprint density at radius 2 is 1.89 bits per heavy atom. The Balaban J connectivity index is 2.67. The molecule has 1 atom stereocenters. The summed E-state index contributed by atoms with van der Waals surface area (Å²) in [4.78, 5) is 0.603. The molecule has 0 aliphatic heterocycles. The highest BCUT2D eigenvalue weighted by atomic mass is 32.2. The normalized spacial score (nSPS) is 12.5. The van der Waals surface area contributed by atoms with Crippen LogP contribution in [0.4, 0.5) is 0 Å². The van der Waals surface area contributed by atoms with Gasteiger partial charge in [-0.05, 0) is 36.8 Å². The van der Waals surface area contributed by atoms with Crippen molar-refractivity contribution in [3.05, 3.63) is 47.7 Å². The number of benzene rings is 1. The molecule has 0 aromatic heterocycles. The van der Waals surface area contributed by atoms with Crippen molar-refractivity contribution in [2.24, 2.45) is 0 Å². The Morgan fingerprint density at radius 1 is 1.26 bits per heavy atom. The molecule has 0 saturated carbocycles. The molecule has 0 N–H and O–H groups in total. The summed E-state index contributed by atoms with van der Waals surface area (Å²) in [5.41, 5.74) is 4.60.